The van der Waals surface area contributed by atoms with Crippen molar-refractivity contribution >= 4 is 36.9 Å². The Labute approximate surface area is 210 Å². The van der Waals surface area contributed by atoms with Crippen LogP contribution in [0.15, 0.2) is 84.9 Å². The molecule has 0 saturated carbocycles. The van der Waals surface area contributed by atoms with Crippen LogP contribution in [0.4, 0.5) is 0 Å². The first-order valence-electron chi connectivity index (χ1n) is 10.8. The number of hydrogen-bond acceptors (Lipinski definition) is 0. The Morgan fingerprint density at radius 1 is 0.656 bits per heavy atom. The number of rotatable bonds is 2. The summed E-state index contributed by atoms with van der Waals surface area (Å²) < 4.78 is 2.91. The van der Waals surface area contributed by atoms with Crippen LogP contribution in [0.5, 0.6) is 0 Å². The van der Waals surface area contributed by atoms with E-state index in [4.69, 9.17) is 0 Å². The third-order valence-corrected chi connectivity index (χ3v) is 15.4. The van der Waals surface area contributed by atoms with Crippen LogP contribution < -0.4 is 24.8 Å². The minimum Gasteiger partial charge on any atom is -1.00 e. The van der Waals surface area contributed by atoms with Gasteiger partial charge in [0, 0.05) is 0 Å². The third-order valence-electron chi connectivity index (χ3n) is 6.81. The van der Waals surface area contributed by atoms with Crippen molar-refractivity contribution in [3.05, 3.63) is 107 Å². The summed E-state index contributed by atoms with van der Waals surface area (Å²) in [6, 6.07) is 27.1. The molecule has 32 heavy (non-hydrogen) atoms. The van der Waals surface area contributed by atoms with Gasteiger partial charge in [0.25, 0.3) is 0 Å². The van der Waals surface area contributed by atoms with Crippen LogP contribution in [0.2, 0.25) is 0 Å². The van der Waals surface area contributed by atoms with Gasteiger partial charge in [-0.15, -0.1) is 0 Å². The van der Waals surface area contributed by atoms with Crippen LogP contribution in [0, 0.1) is 0 Å². The monoisotopic (exact) mass is 532 g/mol. The molecule has 0 amide bonds. The first-order valence-corrected chi connectivity index (χ1v) is 14.9. The normalized spacial score (nSPS) is 17.3. The summed E-state index contributed by atoms with van der Waals surface area (Å²) in [7, 11) is 0. The topological polar surface area (TPSA) is 0 Å². The molecule has 0 nitrogen and oxygen atoms in total. The molecule has 0 aliphatic heterocycles. The smallest absolute Gasteiger partial charge is 1.00 e. The van der Waals surface area contributed by atoms with E-state index in [1.54, 1.807) is 14.3 Å². The summed E-state index contributed by atoms with van der Waals surface area (Å²) in [5.41, 5.74) is 6.00. The van der Waals surface area contributed by atoms with E-state index < -0.39 is 21.3 Å². The fourth-order valence-electron chi connectivity index (χ4n) is 5.51. The number of fused-ring (bicyclic) bond motifs is 6. The summed E-state index contributed by atoms with van der Waals surface area (Å²) in [4.78, 5) is 0. The summed E-state index contributed by atoms with van der Waals surface area (Å²) in [5, 5.41) is 5.60. The van der Waals surface area contributed by atoms with E-state index in [2.05, 4.69) is 111 Å². The SMILES string of the molecule is C[C](C)=[Zr+2]([CH]1C=Cc2ccccc21)[CH]1C=Cc2ccc3ccc4ccccc4c3c21.[Cl-].[Cl-]. The van der Waals surface area contributed by atoms with E-state index in [1.807, 2.05) is 0 Å². The fraction of sp³-hybridized carbons (Fsp3) is 0.138. The first-order chi connectivity index (χ1) is 14.7. The van der Waals surface area contributed by atoms with Gasteiger partial charge in [-0.25, -0.2) is 0 Å². The number of benzene rings is 4. The number of halogens is 2. The first kappa shape index (κ1) is 23.4. The van der Waals surface area contributed by atoms with Gasteiger partial charge in [0.2, 0.25) is 0 Å². The molecule has 2 unspecified atom stereocenters. The zero-order valence-electron chi connectivity index (χ0n) is 18.1. The molecule has 4 aromatic rings. The number of allylic oxidation sites excluding steroid dienone is 2. The van der Waals surface area contributed by atoms with Crippen molar-refractivity contribution < 1.29 is 46.1 Å². The second kappa shape index (κ2) is 9.22. The molecule has 2 aliphatic rings. The Balaban J connectivity index is 0.00000122. The van der Waals surface area contributed by atoms with Gasteiger partial charge in [0.05, 0.1) is 0 Å². The standard InChI is InChI=1S/C17H11.C9H7.C3H6.2ClH.Zr/c1-2-6-15-12(4-1)8-10-14-11-9-13-5-3-7-16(13)17(14)15;1-2-5-9-7-3-6-8(9)4-1;1-3-2;;;/h1-11H;1-7H;1-2H3;2*1H;/q;;;;;+2/p-2. The van der Waals surface area contributed by atoms with Crippen LogP contribution in [0.3, 0.4) is 0 Å². The Bertz CT molecular complexity index is 1420. The van der Waals surface area contributed by atoms with Crippen LogP contribution >= 0.6 is 0 Å². The van der Waals surface area contributed by atoms with E-state index in [9.17, 15) is 0 Å². The van der Waals surface area contributed by atoms with Gasteiger partial charge in [-0.1, -0.05) is 0 Å². The van der Waals surface area contributed by atoms with Crippen molar-refractivity contribution in [1.82, 2.24) is 0 Å². The Morgan fingerprint density at radius 3 is 2.16 bits per heavy atom. The van der Waals surface area contributed by atoms with Gasteiger partial charge in [-0.05, 0) is 0 Å². The van der Waals surface area contributed by atoms with Crippen molar-refractivity contribution in [3.8, 4) is 0 Å². The molecule has 6 rings (SSSR count). The van der Waals surface area contributed by atoms with E-state index in [1.165, 1.54) is 32.7 Å². The molecule has 4 aromatic carbocycles. The molecule has 0 N–H and O–H groups in total. The molecular weight excluding hydrogens is 510 g/mol. The maximum Gasteiger partial charge on any atom is -1.00 e. The van der Waals surface area contributed by atoms with E-state index in [0.717, 1.165) is 0 Å². The van der Waals surface area contributed by atoms with E-state index >= 15 is 0 Å². The van der Waals surface area contributed by atoms with Crippen molar-refractivity contribution in [2.75, 3.05) is 0 Å². The summed E-state index contributed by atoms with van der Waals surface area (Å²) in [6.07, 6.45) is 9.82. The Hall–Kier alpha value is -1.79. The predicted octanol–water partition coefficient (Wildman–Crippen LogP) is 1.67. The average molecular weight is 535 g/mol. The molecule has 0 radical (unpaired) electrons. The molecule has 0 aromatic heterocycles. The predicted molar refractivity (Wildman–Crippen MR) is 128 cm³/mol. The molecule has 0 heterocycles. The van der Waals surface area contributed by atoms with Crippen molar-refractivity contribution in [3.63, 3.8) is 0 Å². The van der Waals surface area contributed by atoms with Crippen LogP contribution in [-0.4, -0.2) is 3.21 Å². The van der Waals surface area contributed by atoms with Gasteiger partial charge in [0.1, 0.15) is 0 Å². The molecule has 0 saturated heterocycles. The summed E-state index contributed by atoms with van der Waals surface area (Å²) in [6.45, 7) is 4.80. The van der Waals surface area contributed by atoms with Crippen molar-refractivity contribution in [2.24, 2.45) is 0 Å². The zero-order valence-corrected chi connectivity index (χ0v) is 22.1. The van der Waals surface area contributed by atoms with Crippen LogP contribution in [-0.2, 0) is 21.3 Å². The molecule has 0 spiro atoms. The van der Waals surface area contributed by atoms with E-state index in [-0.39, 0.29) is 24.8 Å². The Kier molecular flexibility index (Phi) is 6.74. The maximum absolute atomic E-state index is 2.54. The van der Waals surface area contributed by atoms with Gasteiger partial charge in [0.15, 0.2) is 0 Å². The molecule has 0 bridgehead atoms. The van der Waals surface area contributed by atoms with Crippen molar-refractivity contribution in [1.29, 1.82) is 0 Å². The fourth-order valence-corrected chi connectivity index (χ4v) is 14.0. The number of hydrogen-bond donors (Lipinski definition) is 0. The molecule has 158 valence electrons. The van der Waals surface area contributed by atoms with Gasteiger partial charge >= 0.3 is 186 Å². The average Bonchev–Trinajstić information content (AvgIpc) is 3.39. The minimum absolute atomic E-state index is 0. The largest absolute Gasteiger partial charge is 1.00 e. The quantitative estimate of drug-likeness (QED) is 0.344. The Morgan fingerprint density at radius 2 is 1.31 bits per heavy atom. The minimum atomic E-state index is -2.07. The molecule has 0 fully saturated rings. The van der Waals surface area contributed by atoms with Gasteiger partial charge < -0.3 is 24.8 Å². The zero-order chi connectivity index (χ0) is 20.2. The van der Waals surface area contributed by atoms with Gasteiger partial charge in [-0.3, -0.25) is 0 Å². The summed E-state index contributed by atoms with van der Waals surface area (Å²) >= 11 is -2.07. The van der Waals surface area contributed by atoms with Gasteiger partial charge in [-0.2, -0.15) is 0 Å². The third kappa shape index (κ3) is 3.60. The van der Waals surface area contributed by atoms with E-state index in [0.29, 0.717) is 7.25 Å². The molecule has 2 atom stereocenters. The maximum atomic E-state index is 2.54. The molecule has 3 heteroatoms. The van der Waals surface area contributed by atoms with Crippen LogP contribution in [0.1, 0.15) is 43.4 Å². The molecule has 2 aliphatic carbocycles. The second-order valence-electron chi connectivity index (χ2n) is 8.71. The van der Waals surface area contributed by atoms with Crippen LogP contribution in [0.25, 0.3) is 33.7 Å². The summed E-state index contributed by atoms with van der Waals surface area (Å²) in [5.74, 6) is 0. The van der Waals surface area contributed by atoms with Crippen molar-refractivity contribution in [2.45, 2.75) is 21.1 Å². The second-order valence-corrected chi connectivity index (χ2v) is 16.5. The molecular formula is C29H24Cl2Zr.